The second-order valence-electron chi connectivity index (χ2n) is 7.39. The third-order valence-corrected chi connectivity index (χ3v) is 3.62. The first-order chi connectivity index (χ1) is 9.73. The highest BCUT2D eigenvalue weighted by Gasteiger charge is 2.32. The summed E-state index contributed by atoms with van der Waals surface area (Å²) < 4.78 is 5.46. The number of nitrogens with one attached hydrogen (secondary N) is 1. The molecule has 2 N–H and O–H groups in total. The Balaban J connectivity index is 2.48. The molecule has 1 saturated heterocycles. The number of nitrogens with zero attached hydrogens (tertiary/aromatic N) is 1. The monoisotopic (exact) mass is 300 g/mol. The molecule has 5 heteroatoms. The molecule has 0 radical (unpaired) electrons. The highest BCUT2D eigenvalue weighted by atomic mass is 16.6. The van der Waals surface area contributed by atoms with Crippen LogP contribution in [0.25, 0.3) is 0 Å². The highest BCUT2D eigenvalue weighted by Crippen LogP contribution is 2.20. The van der Waals surface area contributed by atoms with Gasteiger partial charge in [-0.1, -0.05) is 13.8 Å². The third-order valence-electron chi connectivity index (χ3n) is 3.62. The molecule has 5 nitrogen and oxygen atoms in total. The normalized spacial score (nSPS) is 20.9. The molecular weight excluding hydrogens is 268 g/mol. The Bertz CT molecular complexity index is 326. The maximum absolute atomic E-state index is 12.2. The average Bonchev–Trinajstić information content (AvgIpc) is 2.80. The third kappa shape index (κ3) is 6.66. The maximum atomic E-state index is 12.2. The Kier molecular flexibility index (Phi) is 6.94. The zero-order valence-corrected chi connectivity index (χ0v) is 14.2. The molecule has 0 aromatic rings. The number of aliphatic hydroxyl groups excluding tert-OH is 1. The Morgan fingerprint density at radius 1 is 1.43 bits per heavy atom. The second-order valence-corrected chi connectivity index (χ2v) is 7.39. The number of likely N-dealkylation sites (tertiary alicyclic amines) is 1. The van der Waals surface area contributed by atoms with Gasteiger partial charge in [-0.15, -0.1) is 0 Å². The van der Waals surface area contributed by atoms with E-state index in [1.165, 1.54) is 0 Å². The highest BCUT2D eigenvalue weighted by molar-refractivity contribution is 5.69. The number of hydrogen-bond donors (Lipinski definition) is 2. The number of carbonyl (C=O) groups excluding carboxylic acids is 1. The number of carbonyl (C=O) groups is 1. The Morgan fingerprint density at radius 2 is 2.10 bits per heavy atom. The standard InChI is InChI=1S/C16H32N2O3/c1-12(2)9-13(11-19)17-10-14-7-6-8-18(14)15(20)21-16(3,4)5/h12-14,17,19H,6-11H2,1-5H3. The molecule has 1 rings (SSSR count). The molecule has 0 bridgehead atoms. The predicted octanol–water partition coefficient (Wildman–Crippen LogP) is 2.38. The average molecular weight is 300 g/mol. The summed E-state index contributed by atoms with van der Waals surface area (Å²) >= 11 is 0. The van der Waals surface area contributed by atoms with Crippen LogP contribution in [-0.2, 0) is 4.74 Å². The molecule has 0 aromatic carbocycles. The molecular formula is C16H32N2O3. The van der Waals surface area contributed by atoms with E-state index in [4.69, 9.17) is 4.74 Å². The van der Waals surface area contributed by atoms with Gasteiger partial charge in [-0.05, 0) is 46.0 Å². The number of hydrogen-bond acceptors (Lipinski definition) is 4. The van der Waals surface area contributed by atoms with Crippen molar-refractivity contribution < 1.29 is 14.6 Å². The van der Waals surface area contributed by atoms with Gasteiger partial charge in [-0.2, -0.15) is 0 Å². The van der Waals surface area contributed by atoms with Crippen LogP contribution in [-0.4, -0.2) is 53.5 Å². The minimum Gasteiger partial charge on any atom is -0.444 e. The van der Waals surface area contributed by atoms with Gasteiger partial charge in [0.25, 0.3) is 0 Å². The summed E-state index contributed by atoms with van der Waals surface area (Å²) in [4.78, 5) is 14.0. The van der Waals surface area contributed by atoms with E-state index < -0.39 is 5.60 Å². The summed E-state index contributed by atoms with van der Waals surface area (Å²) in [6.07, 6.45) is 2.72. The second kappa shape index (κ2) is 7.99. The van der Waals surface area contributed by atoms with Gasteiger partial charge >= 0.3 is 6.09 Å². The number of rotatable bonds is 6. The minimum absolute atomic E-state index is 0.103. The van der Waals surface area contributed by atoms with Gasteiger partial charge in [0.2, 0.25) is 0 Å². The molecule has 21 heavy (non-hydrogen) atoms. The molecule has 1 fully saturated rings. The van der Waals surface area contributed by atoms with Crippen LogP contribution >= 0.6 is 0 Å². The lowest BCUT2D eigenvalue weighted by Gasteiger charge is -2.30. The van der Waals surface area contributed by atoms with E-state index in [2.05, 4.69) is 19.2 Å². The van der Waals surface area contributed by atoms with Crippen molar-refractivity contribution in [3.05, 3.63) is 0 Å². The van der Waals surface area contributed by atoms with Crippen LogP contribution in [0, 0.1) is 5.92 Å². The fourth-order valence-electron chi connectivity index (χ4n) is 2.70. The molecule has 2 atom stereocenters. The molecule has 0 aromatic heterocycles. The SMILES string of the molecule is CC(C)CC(CO)NCC1CCCN1C(=O)OC(C)(C)C. The molecule has 1 aliphatic rings. The van der Waals surface area contributed by atoms with E-state index in [0.29, 0.717) is 5.92 Å². The van der Waals surface area contributed by atoms with Gasteiger partial charge < -0.3 is 20.1 Å². The van der Waals surface area contributed by atoms with Gasteiger partial charge in [0, 0.05) is 25.2 Å². The summed E-state index contributed by atoms with van der Waals surface area (Å²) in [5.41, 5.74) is -0.455. The first-order valence-electron chi connectivity index (χ1n) is 8.06. The van der Waals surface area contributed by atoms with Crippen molar-refractivity contribution >= 4 is 6.09 Å². The van der Waals surface area contributed by atoms with E-state index in [1.54, 1.807) is 0 Å². The smallest absolute Gasteiger partial charge is 0.410 e. The first-order valence-corrected chi connectivity index (χ1v) is 8.06. The fraction of sp³-hybridized carbons (Fsp3) is 0.938. The topological polar surface area (TPSA) is 61.8 Å². The fourth-order valence-corrected chi connectivity index (χ4v) is 2.70. The first kappa shape index (κ1) is 18.2. The van der Waals surface area contributed by atoms with E-state index in [0.717, 1.165) is 32.4 Å². The molecule has 0 spiro atoms. The van der Waals surface area contributed by atoms with E-state index in [9.17, 15) is 9.90 Å². The number of aliphatic hydroxyl groups is 1. The van der Waals surface area contributed by atoms with Crippen LogP contribution in [0.3, 0.4) is 0 Å². The summed E-state index contributed by atoms with van der Waals surface area (Å²) in [5.74, 6) is 0.542. The minimum atomic E-state index is -0.455. The number of ether oxygens (including phenoxy) is 1. The van der Waals surface area contributed by atoms with Crippen LogP contribution in [0.15, 0.2) is 0 Å². The van der Waals surface area contributed by atoms with Crippen molar-refractivity contribution in [1.29, 1.82) is 0 Å². The van der Waals surface area contributed by atoms with Gasteiger partial charge in [-0.3, -0.25) is 0 Å². The van der Waals surface area contributed by atoms with Crippen LogP contribution in [0.2, 0.25) is 0 Å². The van der Waals surface area contributed by atoms with Crippen molar-refractivity contribution in [3.63, 3.8) is 0 Å². The lowest BCUT2D eigenvalue weighted by molar-refractivity contribution is 0.0223. The van der Waals surface area contributed by atoms with Crippen molar-refractivity contribution in [2.24, 2.45) is 5.92 Å². The largest absolute Gasteiger partial charge is 0.444 e. The van der Waals surface area contributed by atoms with Crippen LogP contribution < -0.4 is 5.32 Å². The van der Waals surface area contributed by atoms with Crippen molar-refractivity contribution in [1.82, 2.24) is 10.2 Å². The molecule has 2 unspecified atom stereocenters. The summed E-state index contributed by atoms with van der Waals surface area (Å²) in [6, 6.07) is 0.271. The van der Waals surface area contributed by atoms with Gasteiger partial charge in [0.15, 0.2) is 0 Å². The quantitative estimate of drug-likeness (QED) is 0.790. The predicted molar refractivity (Wildman–Crippen MR) is 84.3 cm³/mol. The molecule has 124 valence electrons. The lowest BCUT2D eigenvalue weighted by atomic mass is 10.0. The Labute approximate surface area is 129 Å². The van der Waals surface area contributed by atoms with Gasteiger partial charge in [0.05, 0.1) is 6.61 Å². The zero-order valence-electron chi connectivity index (χ0n) is 14.2. The lowest BCUT2D eigenvalue weighted by Crippen LogP contribution is -2.47. The molecule has 1 heterocycles. The summed E-state index contributed by atoms with van der Waals surface area (Å²) in [6.45, 7) is 11.6. The molecule has 1 aliphatic heterocycles. The van der Waals surface area contributed by atoms with Crippen LogP contribution in [0.1, 0.15) is 53.9 Å². The summed E-state index contributed by atoms with van der Waals surface area (Å²) in [5, 5.41) is 12.8. The van der Waals surface area contributed by atoms with Crippen LogP contribution in [0.5, 0.6) is 0 Å². The van der Waals surface area contributed by atoms with E-state index in [-0.39, 0.29) is 24.8 Å². The summed E-state index contributed by atoms with van der Waals surface area (Å²) in [7, 11) is 0. The Morgan fingerprint density at radius 3 is 2.62 bits per heavy atom. The van der Waals surface area contributed by atoms with Crippen molar-refractivity contribution in [2.75, 3.05) is 19.7 Å². The Hall–Kier alpha value is -0.810. The van der Waals surface area contributed by atoms with Gasteiger partial charge in [0.1, 0.15) is 5.60 Å². The molecule has 1 amide bonds. The molecule has 0 aliphatic carbocycles. The maximum Gasteiger partial charge on any atom is 0.410 e. The van der Waals surface area contributed by atoms with E-state index in [1.807, 2.05) is 25.7 Å². The van der Waals surface area contributed by atoms with Crippen molar-refractivity contribution in [3.8, 4) is 0 Å². The number of amides is 1. The zero-order chi connectivity index (χ0) is 16.0. The van der Waals surface area contributed by atoms with Gasteiger partial charge in [-0.25, -0.2) is 4.79 Å². The molecule has 0 saturated carbocycles. The van der Waals surface area contributed by atoms with Crippen LogP contribution in [0.4, 0.5) is 4.79 Å². The van der Waals surface area contributed by atoms with Crippen molar-refractivity contribution in [2.45, 2.75) is 71.6 Å². The van der Waals surface area contributed by atoms with E-state index >= 15 is 0 Å².